The molecule has 0 radical (unpaired) electrons. The van der Waals surface area contributed by atoms with Crippen molar-refractivity contribution in [3.05, 3.63) is 17.9 Å². The first kappa shape index (κ1) is 11.3. The summed E-state index contributed by atoms with van der Waals surface area (Å²) in [7, 11) is 2.07. The lowest BCUT2D eigenvalue weighted by Crippen LogP contribution is -2.46. The first-order valence-electron chi connectivity index (χ1n) is 5.88. The SMILES string of the molecule is CN1CC(COc2cc(F)c3c(N)n[nH]c3c2)C1. The van der Waals surface area contributed by atoms with Gasteiger partial charge in [-0.05, 0) is 7.05 Å². The lowest BCUT2D eigenvalue weighted by molar-refractivity contribution is 0.0857. The highest BCUT2D eigenvalue weighted by Crippen LogP contribution is 2.27. The quantitative estimate of drug-likeness (QED) is 0.859. The molecule has 0 saturated carbocycles. The normalized spacial score (nSPS) is 17.0. The Hall–Kier alpha value is -1.82. The van der Waals surface area contributed by atoms with E-state index in [1.54, 1.807) is 6.07 Å². The second-order valence-corrected chi connectivity index (χ2v) is 4.83. The van der Waals surface area contributed by atoms with Crippen molar-refractivity contribution in [3.8, 4) is 5.75 Å². The molecule has 0 unspecified atom stereocenters. The molecule has 0 spiro atoms. The number of ether oxygens (including phenoxy) is 1. The van der Waals surface area contributed by atoms with Crippen molar-refractivity contribution < 1.29 is 9.13 Å². The van der Waals surface area contributed by atoms with Gasteiger partial charge in [0.2, 0.25) is 0 Å². The standard InChI is InChI=1S/C12H15FN4O/c1-17-4-7(5-17)6-18-8-2-9(13)11-10(3-8)15-16-12(11)14/h2-3,7H,4-6H2,1H3,(H3,14,15,16). The number of likely N-dealkylation sites (tertiary alicyclic amines) is 1. The van der Waals surface area contributed by atoms with Crippen molar-refractivity contribution in [1.29, 1.82) is 0 Å². The van der Waals surface area contributed by atoms with E-state index < -0.39 is 5.82 Å². The summed E-state index contributed by atoms with van der Waals surface area (Å²) in [4.78, 5) is 2.22. The zero-order valence-electron chi connectivity index (χ0n) is 10.1. The van der Waals surface area contributed by atoms with Crippen LogP contribution in [0, 0.1) is 11.7 Å². The molecule has 0 bridgehead atoms. The number of nitrogen functional groups attached to an aromatic ring is 1. The maximum atomic E-state index is 13.8. The number of benzene rings is 1. The van der Waals surface area contributed by atoms with Crippen molar-refractivity contribution in [2.75, 3.05) is 32.5 Å². The average Bonchev–Trinajstić information content (AvgIpc) is 2.65. The fourth-order valence-electron chi connectivity index (χ4n) is 2.34. The second-order valence-electron chi connectivity index (χ2n) is 4.83. The minimum Gasteiger partial charge on any atom is -0.493 e. The van der Waals surface area contributed by atoms with Crippen LogP contribution in [0.25, 0.3) is 10.9 Å². The molecule has 1 aliphatic heterocycles. The zero-order valence-corrected chi connectivity index (χ0v) is 10.1. The van der Waals surface area contributed by atoms with Crippen molar-refractivity contribution in [1.82, 2.24) is 15.1 Å². The molecular formula is C12H15FN4O. The minimum atomic E-state index is -0.403. The molecule has 0 aliphatic carbocycles. The highest BCUT2D eigenvalue weighted by molar-refractivity contribution is 5.90. The topological polar surface area (TPSA) is 67.2 Å². The van der Waals surface area contributed by atoms with Gasteiger partial charge in [-0.25, -0.2) is 4.39 Å². The van der Waals surface area contributed by atoms with Crippen LogP contribution < -0.4 is 10.5 Å². The summed E-state index contributed by atoms with van der Waals surface area (Å²) in [6.45, 7) is 2.67. The fraction of sp³-hybridized carbons (Fsp3) is 0.417. The van der Waals surface area contributed by atoms with E-state index in [0.29, 0.717) is 29.2 Å². The van der Waals surface area contributed by atoms with Gasteiger partial charge in [-0.2, -0.15) is 5.10 Å². The van der Waals surface area contributed by atoms with Gasteiger partial charge in [-0.15, -0.1) is 0 Å². The summed E-state index contributed by atoms with van der Waals surface area (Å²) < 4.78 is 19.4. The van der Waals surface area contributed by atoms with E-state index in [9.17, 15) is 4.39 Å². The Morgan fingerprint density at radius 2 is 2.33 bits per heavy atom. The third-order valence-electron chi connectivity index (χ3n) is 3.24. The minimum absolute atomic E-state index is 0.176. The highest BCUT2D eigenvalue weighted by Gasteiger charge is 2.23. The Balaban J connectivity index is 1.76. The number of halogens is 1. The van der Waals surface area contributed by atoms with Gasteiger partial charge >= 0.3 is 0 Å². The van der Waals surface area contributed by atoms with Crippen LogP contribution in [-0.4, -0.2) is 41.8 Å². The lowest BCUT2D eigenvalue weighted by Gasteiger charge is -2.35. The molecular weight excluding hydrogens is 235 g/mol. The Morgan fingerprint density at radius 1 is 1.56 bits per heavy atom. The van der Waals surface area contributed by atoms with E-state index in [1.807, 2.05) is 0 Å². The number of hydrogen-bond acceptors (Lipinski definition) is 4. The molecule has 6 heteroatoms. The maximum Gasteiger partial charge on any atom is 0.156 e. The van der Waals surface area contributed by atoms with E-state index in [1.165, 1.54) is 6.07 Å². The van der Waals surface area contributed by atoms with E-state index in [-0.39, 0.29) is 5.82 Å². The van der Waals surface area contributed by atoms with E-state index in [0.717, 1.165) is 13.1 Å². The molecule has 1 fully saturated rings. The number of aromatic nitrogens is 2. The third-order valence-corrected chi connectivity index (χ3v) is 3.24. The van der Waals surface area contributed by atoms with Crippen molar-refractivity contribution in [3.63, 3.8) is 0 Å². The molecule has 96 valence electrons. The van der Waals surface area contributed by atoms with Crippen LogP contribution in [0.3, 0.4) is 0 Å². The summed E-state index contributed by atoms with van der Waals surface area (Å²) in [6, 6.07) is 3.08. The number of rotatable bonds is 3. The van der Waals surface area contributed by atoms with Crippen LogP contribution in [0.2, 0.25) is 0 Å². The van der Waals surface area contributed by atoms with Crippen LogP contribution in [0.15, 0.2) is 12.1 Å². The summed E-state index contributed by atoms with van der Waals surface area (Å²) in [5.41, 5.74) is 6.13. The van der Waals surface area contributed by atoms with Gasteiger partial charge in [0.15, 0.2) is 5.82 Å². The number of anilines is 1. The van der Waals surface area contributed by atoms with Gasteiger partial charge in [0.1, 0.15) is 11.6 Å². The number of hydrogen-bond donors (Lipinski definition) is 2. The van der Waals surface area contributed by atoms with E-state index in [4.69, 9.17) is 10.5 Å². The number of H-pyrrole nitrogens is 1. The molecule has 1 saturated heterocycles. The molecule has 3 N–H and O–H groups in total. The summed E-state index contributed by atoms with van der Waals surface area (Å²) in [6.07, 6.45) is 0. The van der Waals surface area contributed by atoms with Crippen LogP contribution in [-0.2, 0) is 0 Å². The number of aromatic amines is 1. The summed E-state index contributed by atoms with van der Waals surface area (Å²) in [5.74, 6) is 0.813. The maximum absolute atomic E-state index is 13.8. The summed E-state index contributed by atoms with van der Waals surface area (Å²) >= 11 is 0. The van der Waals surface area contributed by atoms with Crippen molar-refractivity contribution in [2.45, 2.75) is 0 Å². The number of nitrogens with zero attached hydrogens (tertiary/aromatic N) is 2. The first-order valence-corrected chi connectivity index (χ1v) is 5.88. The van der Waals surface area contributed by atoms with Crippen LogP contribution in [0.4, 0.5) is 10.2 Å². The van der Waals surface area contributed by atoms with Crippen LogP contribution in [0.1, 0.15) is 0 Å². The Labute approximate surface area is 104 Å². The summed E-state index contributed by atoms with van der Waals surface area (Å²) in [5, 5.41) is 6.79. The van der Waals surface area contributed by atoms with E-state index >= 15 is 0 Å². The van der Waals surface area contributed by atoms with Crippen LogP contribution in [0.5, 0.6) is 5.75 Å². The van der Waals surface area contributed by atoms with E-state index in [2.05, 4.69) is 22.1 Å². The number of nitrogens with two attached hydrogens (primary N) is 1. The molecule has 1 aromatic heterocycles. The molecule has 2 aromatic rings. The highest BCUT2D eigenvalue weighted by atomic mass is 19.1. The number of nitrogens with one attached hydrogen (secondary N) is 1. The van der Waals surface area contributed by atoms with Crippen LogP contribution >= 0.6 is 0 Å². The predicted molar refractivity (Wildman–Crippen MR) is 66.9 cm³/mol. The van der Waals surface area contributed by atoms with Gasteiger partial charge in [-0.1, -0.05) is 0 Å². The predicted octanol–water partition coefficient (Wildman–Crippen LogP) is 1.22. The lowest BCUT2D eigenvalue weighted by atomic mass is 10.0. The van der Waals surface area contributed by atoms with Gasteiger partial charge in [0.25, 0.3) is 0 Å². The third kappa shape index (κ3) is 1.88. The molecule has 5 nitrogen and oxygen atoms in total. The molecule has 0 amide bonds. The van der Waals surface area contributed by atoms with Crippen molar-refractivity contribution in [2.24, 2.45) is 5.92 Å². The molecule has 2 heterocycles. The smallest absolute Gasteiger partial charge is 0.156 e. The largest absolute Gasteiger partial charge is 0.493 e. The van der Waals surface area contributed by atoms with Gasteiger partial charge in [0, 0.05) is 31.1 Å². The second kappa shape index (κ2) is 4.13. The Bertz CT molecular complexity index is 577. The molecule has 1 aliphatic rings. The molecule has 3 rings (SSSR count). The Kier molecular flexibility index (Phi) is 2.59. The molecule has 18 heavy (non-hydrogen) atoms. The molecule has 0 atom stereocenters. The zero-order chi connectivity index (χ0) is 12.7. The average molecular weight is 250 g/mol. The Morgan fingerprint density at radius 3 is 3.06 bits per heavy atom. The first-order chi connectivity index (χ1) is 8.63. The van der Waals surface area contributed by atoms with Crippen molar-refractivity contribution >= 4 is 16.7 Å². The fourth-order valence-corrected chi connectivity index (χ4v) is 2.34. The number of fused-ring (bicyclic) bond motifs is 1. The van der Waals surface area contributed by atoms with Gasteiger partial charge < -0.3 is 15.4 Å². The monoisotopic (exact) mass is 250 g/mol. The molecule has 1 aromatic carbocycles. The van der Waals surface area contributed by atoms with Gasteiger partial charge in [0.05, 0.1) is 17.5 Å². The van der Waals surface area contributed by atoms with Gasteiger partial charge in [-0.3, -0.25) is 5.10 Å².